The van der Waals surface area contributed by atoms with Crippen LogP contribution in [0.4, 0.5) is 18.9 Å². The number of aromatic nitrogens is 2. The molecule has 30 heavy (non-hydrogen) atoms. The second kappa shape index (κ2) is 10.2. The molecule has 0 saturated heterocycles. The molecule has 10 heteroatoms. The van der Waals surface area contributed by atoms with Gasteiger partial charge in [0.25, 0.3) is 5.91 Å². The quantitative estimate of drug-likeness (QED) is 0.491. The summed E-state index contributed by atoms with van der Waals surface area (Å²) in [5.74, 6) is -3.59. The number of carbonyl (C=O) groups excluding carboxylic acids is 1. The fourth-order valence-corrected chi connectivity index (χ4v) is 3.23. The largest absolute Gasteiger partial charge is 0.481 e. The third-order valence-electron chi connectivity index (χ3n) is 4.12. The Balaban J connectivity index is 1.75. The van der Waals surface area contributed by atoms with Crippen molar-refractivity contribution in [2.45, 2.75) is 12.8 Å². The molecule has 0 saturated carbocycles. The molecule has 2 aromatic heterocycles. The SMILES string of the molecule is CNCCCCOc1sncc1NC(=O)c1ccc(F)c(-c2c(F)cccc2F)n1. The van der Waals surface area contributed by atoms with Crippen molar-refractivity contribution in [1.29, 1.82) is 0 Å². The Hall–Kier alpha value is -2.98. The van der Waals surface area contributed by atoms with Crippen molar-refractivity contribution >= 4 is 23.1 Å². The van der Waals surface area contributed by atoms with Crippen LogP contribution in [0.25, 0.3) is 11.3 Å². The van der Waals surface area contributed by atoms with Gasteiger partial charge in [-0.25, -0.2) is 18.2 Å². The number of halogens is 3. The number of hydrogen-bond acceptors (Lipinski definition) is 6. The van der Waals surface area contributed by atoms with E-state index in [0.717, 1.165) is 61.3 Å². The molecule has 0 aliphatic carbocycles. The average molecular weight is 436 g/mol. The summed E-state index contributed by atoms with van der Waals surface area (Å²) in [4.78, 5) is 16.4. The first kappa shape index (κ1) is 21.7. The van der Waals surface area contributed by atoms with Crippen LogP contribution in [0.2, 0.25) is 0 Å². The highest BCUT2D eigenvalue weighted by Crippen LogP contribution is 2.30. The highest BCUT2D eigenvalue weighted by molar-refractivity contribution is 7.08. The van der Waals surface area contributed by atoms with Crippen molar-refractivity contribution in [3.63, 3.8) is 0 Å². The van der Waals surface area contributed by atoms with Gasteiger partial charge in [-0.1, -0.05) is 6.07 Å². The number of nitrogens with zero attached hydrogens (tertiary/aromatic N) is 2. The van der Waals surface area contributed by atoms with Gasteiger partial charge in [0.05, 0.1) is 18.4 Å². The molecule has 0 radical (unpaired) electrons. The fourth-order valence-electron chi connectivity index (χ4n) is 2.64. The molecular weight excluding hydrogens is 417 g/mol. The second-order valence-corrected chi connectivity index (χ2v) is 7.03. The van der Waals surface area contributed by atoms with E-state index in [1.165, 1.54) is 6.20 Å². The van der Waals surface area contributed by atoms with E-state index in [-0.39, 0.29) is 5.69 Å². The Morgan fingerprint density at radius 1 is 1.10 bits per heavy atom. The summed E-state index contributed by atoms with van der Waals surface area (Å²) in [6.45, 7) is 1.33. The van der Waals surface area contributed by atoms with Crippen LogP contribution in [0.3, 0.4) is 0 Å². The van der Waals surface area contributed by atoms with E-state index in [1.54, 1.807) is 0 Å². The van der Waals surface area contributed by atoms with E-state index in [9.17, 15) is 18.0 Å². The van der Waals surface area contributed by atoms with Crippen LogP contribution in [-0.2, 0) is 0 Å². The number of rotatable bonds is 9. The molecule has 3 aromatic rings. The number of amides is 1. The molecule has 158 valence electrons. The molecule has 0 atom stereocenters. The van der Waals surface area contributed by atoms with Crippen molar-refractivity contribution in [3.05, 3.63) is 59.7 Å². The summed E-state index contributed by atoms with van der Waals surface area (Å²) in [6.07, 6.45) is 3.18. The number of anilines is 1. The zero-order chi connectivity index (χ0) is 21.5. The topological polar surface area (TPSA) is 76.1 Å². The van der Waals surface area contributed by atoms with Crippen molar-refractivity contribution in [2.24, 2.45) is 0 Å². The van der Waals surface area contributed by atoms with Gasteiger partial charge in [-0.2, -0.15) is 4.37 Å². The molecule has 0 spiro atoms. The molecule has 0 fully saturated rings. The van der Waals surface area contributed by atoms with Gasteiger partial charge in [-0.3, -0.25) is 4.79 Å². The lowest BCUT2D eigenvalue weighted by atomic mass is 10.1. The maximum Gasteiger partial charge on any atom is 0.274 e. The third kappa shape index (κ3) is 5.14. The minimum absolute atomic E-state index is 0.208. The van der Waals surface area contributed by atoms with Crippen LogP contribution < -0.4 is 15.4 Å². The lowest BCUT2D eigenvalue weighted by molar-refractivity contribution is 0.102. The van der Waals surface area contributed by atoms with E-state index >= 15 is 0 Å². The van der Waals surface area contributed by atoms with E-state index in [4.69, 9.17) is 4.74 Å². The van der Waals surface area contributed by atoms with Gasteiger partial charge in [-0.05, 0) is 50.7 Å². The molecule has 2 heterocycles. The van der Waals surface area contributed by atoms with Gasteiger partial charge in [0.2, 0.25) is 5.06 Å². The summed E-state index contributed by atoms with van der Waals surface area (Å²) in [6, 6.07) is 5.21. The second-order valence-electron chi connectivity index (χ2n) is 6.26. The molecule has 1 amide bonds. The zero-order valence-electron chi connectivity index (χ0n) is 16.0. The van der Waals surface area contributed by atoms with Gasteiger partial charge < -0.3 is 15.4 Å². The number of unbranched alkanes of at least 4 members (excludes halogenated alkanes) is 1. The van der Waals surface area contributed by atoms with Gasteiger partial charge in [0.1, 0.15) is 34.5 Å². The molecular formula is C20H19F3N4O2S. The Morgan fingerprint density at radius 3 is 2.60 bits per heavy atom. The summed E-state index contributed by atoms with van der Waals surface area (Å²) in [7, 11) is 1.87. The van der Waals surface area contributed by atoms with Crippen LogP contribution in [0.1, 0.15) is 23.3 Å². The lowest BCUT2D eigenvalue weighted by Crippen LogP contribution is -2.15. The number of nitrogens with one attached hydrogen (secondary N) is 2. The molecule has 1 aromatic carbocycles. The Kier molecular flexibility index (Phi) is 7.36. The van der Waals surface area contributed by atoms with Crippen LogP contribution >= 0.6 is 11.5 Å². The number of ether oxygens (including phenoxy) is 1. The van der Waals surface area contributed by atoms with E-state index < -0.39 is 34.6 Å². The third-order valence-corrected chi connectivity index (χ3v) is 4.83. The van der Waals surface area contributed by atoms with Crippen molar-refractivity contribution in [1.82, 2.24) is 14.7 Å². The first-order valence-electron chi connectivity index (χ1n) is 9.15. The summed E-state index contributed by atoms with van der Waals surface area (Å²) < 4.78 is 51.9. The molecule has 6 nitrogen and oxygen atoms in total. The molecule has 0 aliphatic rings. The minimum Gasteiger partial charge on any atom is -0.481 e. The first-order valence-corrected chi connectivity index (χ1v) is 9.93. The van der Waals surface area contributed by atoms with Crippen molar-refractivity contribution in [3.8, 4) is 16.3 Å². The van der Waals surface area contributed by atoms with Crippen molar-refractivity contribution in [2.75, 3.05) is 25.5 Å². The van der Waals surface area contributed by atoms with Crippen LogP contribution in [0.15, 0.2) is 36.5 Å². The Morgan fingerprint density at radius 2 is 1.87 bits per heavy atom. The molecule has 3 rings (SSSR count). The predicted molar refractivity (Wildman–Crippen MR) is 108 cm³/mol. The smallest absolute Gasteiger partial charge is 0.274 e. The minimum atomic E-state index is -0.977. The van der Waals surface area contributed by atoms with E-state index in [2.05, 4.69) is 20.0 Å². The maximum atomic E-state index is 14.2. The summed E-state index contributed by atoms with van der Waals surface area (Å²) in [5.41, 5.74) is -1.08. The van der Waals surface area contributed by atoms with Gasteiger partial charge in [-0.15, -0.1) is 0 Å². The molecule has 0 bridgehead atoms. The average Bonchev–Trinajstić information content (AvgIpc) is 3.16. The van der Waals surface area contributed by atoms with Crippen LogP contribution in [0, 0.1) is 17.5 Å². The number of pyridine rings is 1. The van der Waals surface area contributed by atoms with Gasteiger partial charge >= 0.3 is 0 Å². The predicted octanol–water partition coefficient (Wildman–Crippen LogP) is 4.25. The Labute approximate surface area is 175 Å². The highest BCUT2D eigenvalue weighted by atomic mass is 32.1. The van der Waals surface area contributed by atoms with Crippen molar-refractivity contribution < 1.29 is 22.7 Å². The highest BCUT2D eigenvalue weighted by Gasteiger charge is 2.20. The zero-order valence-corrected chi connectivity index (χ0v) is 16.9. The summed E-state index contributed by atoms with van der Waals surface area (Å²) >= 11 is 1.07. The standard InChI is InChI=1S/C20H19F3N4O2S/c1-24-9-2-3-10-29-20-16(11-25-30-20)27-19(28)15-8-7-14(23)18(26-15)17-12(21)5-4-6-13(17)22/h4-8,11,24H,2-3,9-10H2,1H3,(H,27,28). The maximum absolute atomic E-state index is 14.2. The number of hydrogen-bond donors (Lipinski definition) is 2. The molecule has 0 aliphatic heterocycles. The summed E-state index contributed by atoms with van der Waals surface area (Å²) in [5, 5.41) is 6.05. The molecule has 0 unspecified atom stereocenters. The number of benzene rings is 1. The first-order chi connectivity index (χ1) is 14.5. The van der Waals surface area contributed by atoms with Crippen LogP contribution in [-0.4, -0.2) is 35.5 Å². The van der Waals surface area contributed by atoms with E-state index in [0.29, 0.717) is 17.4 Å². The number of carbonyl (C=O) groups is 1. The fraction of sp³-hybridized carbons (Fsp3) is 0.250. The Bertz CT molecular complexity index is 1010. The lowest BCUT2D eigenvalue weighted by Gasteiger charge is -2.09. The molecule has 2 N–H and O–H groups in total. The monoisotopic (exact) mass is 436 g/mol. The van der Waals surface area contributed by atoms with E-state index in [1.807, 2.05) is 7.05 Å². The van der Waals surface area contributed by atoms with Gasteiger partial charge in [0, 0.05) is 11.5 Å². The normalized spacial score (nSPS) is 10.8. The van der Waals surface area contributed by atoms with Gasteiger partial charge in [0.15, 0.2) is 0 Å². The van der Waals surface area contributed by atoms with Crippen LogP contribution in [0.5, 0.6) is 5.06 Å².